The number of hydrogen-bond donors (Lipinski definition) is 1. The van der Waals surface area contributed by atoms with Gasteiger partial charge >= 0.3 is 0 Å². The maximum absolute atomic E-state index is 13.8. The van der Waals surface area contributed by atoms with E-state index in [1.807, 2.05) is 12.3 Å². The zero-order valence-electron chi connectivity index (χ0n) is 16.6. The molecule has 2 aliphatic rings. The number of aromatic nitrogens is 2. The molecule has 0 radical (unpaired) electrons. The standard InChI is InChI=1S/C24H23ClFN3O/c25-22-4-2-17(14-28-22)29-23(30)20-7-11-24(20)9-5-15(6-10-24)18-8-12-27-21-3-1-16(26)13-19(18)21/h1-4,8,12-15,20H,5-7,9-11H2,(H,29,30)/t15-,20-,24+/m1/s1. The molecule has 2 aliphatic carbocycles. The van der Waals surface area contributed by atoms with Crippen molar-refractivity contribution in [2.45, 2.75) is 44.4 Å². The number of amides is 1. The Labute approximate surface area is 179 Å². The Hall–Kier alpha value is -2.53. The summed E-state index contributed by atoms with van der Waals surface area (Å²) in [7, 11) is 0. The van der Waals surface area contributed by atoms with Gasteiger partial charge in [-0.25, -0.2) is 9.37 Å². The number of nitrogens with zero attached hydrogens (tertiary/aromatic N) is 2. The van der Waals surface area contributed by atoms with Crippen molar-refractivity contribution in [3.05, 3.63) is 65.3 Å². The molecular weight excluding hydrogens is 401 g/mol. The van der Waals surface area contributed by atoms with Crippen LogP contribution in [0.1, 0.15) is 50.0 Å². The highest BCUT2D eigenvalue weighted by Crippen LogP contribution is 2.58. The highest BCUT2D eigenvalue weighted by molar-refractivity contribution is 6.29. The maximum atomic E-state index is 13.8. The molecule has 0 unspecified atom stereocenters. The van der Waals surface area contributed by atoms with Crippen LogP contribution in [-0.4, -0.2) is 15.9 Å². The third kappa shape index (κ3) is 3.45. The highest BCUT2D eigenvalue weighted by Gasteiger charge is 2.51. The van der Waals surface area contributed by atoms with Crippen molar-refractivity contribution in [1.82, 2.24) is 9.97 Å². The minimum Gasteiger partial charge on any atom is -0.324 e. The second kappa shape index (κ2) is 7.62. The van der Waals surface area contributed by atoms with Crippen LogP contribution in [0.2, 0.25) is 5.15 Å². The van der Waals surface area contributed by atoms with Gasteiger partial charge in [-0.05, 0) is 91.8 Å². The van der Waals surface area contributed by atoms with Crippen LogP contribution in [0.3, 0.4) is 0 Å². The van der Waals surface area contributed by atoms with Crippen molar-refractivity contribution >= 4 is 34.1 Å². The Bertz CT molecular complexity index is 1090. The molecule has 1 atom stereocenters. The van der Waals surface area contributed by atoms with Crippen molar-refractivity contribution in [2.24, 2.45) is 11.3 Å². The summed E-state index contributed by atoms with van der Waals surface area (Å²) in [4.78, 5) is 21.3. The van der Waals surface area contributed by atoms with Crippen molar-refractivity contribution in [2.75, 3.05) is 5.32 Å². The van der Waals surface area contributed by atoms with E-state index in [1.165, 1.54) is 11.6 Å². The van der Waals surface area contributed by atoms with Crippen molar-refractivity contribution in [3.8, 4) is 0 Å². The molecule has 2 fully saturated rings. The highest BCUT2D eigenvalue weighted by atomic mass is 35.5. The first kappa shape index (κ1) is 19.4. The zero-order valence-corrected chi connectivity index (χ0v) is 17.3. The number of carbonyl (C=O) groups excluding carboxylic acids is 1. The van der Waals surface area contributed by atoms with Gasteiger partial charge in [0.2, 0.25) is 5.91 Å². The van der Waals surface area contributed by atoms with E-state index in [2.05, 4.69) is 15.3 Å². The smallest absolute Gasteiger partial charge is 0.228 e. The van der Waals surface area contributed by atoms with Gasteiger partial charge in [0.15, 0.2) is 0 Å². The first-order valence-electron chi connectivity index (χ1n) is 10.5. The number of pyridine rings is 2. The number of fused-ring (bicyclic) bond motifs is 1. The third-order valence-corrected chi connectivity index (χ3v) is 7.36. The average Bonchev–Trinajstić information content (AvgIpc) is 2.74. The monoisotopic (exact) mass is 423 g/mol. The molecule has 0 saturated heterocycles. The molecule has 3 aromatic rings. The third-order valence-electron chi connectivity index (χ3n) is 7.14. The predicted molar refractivity (Wildman–Crippen MR) is 116 cm³/mol. The van der Waals surface area contributed by atoms with E-state index in [9.17, 15) is 9.18 Å². The largest absolute Gasteiger partial charge is 0.324 e. The van der Waals surface area contributed by atoms with Crippen LogP contribution in [-0.2, 0) is 4.79 Å². The van der Waals surface area contributed by atoms with Crippen molar-refractivity contribution in [3.63, 3.8) is 0 Å². The molecule has 1 N–H and O–H groups in total. The van der Waals surface area contributed by atoms with Crippen LogP contribution in [0.15, 0.2) is 48.8 Å². The Morgan fingerprint density at radius 2 is 1.87 bits per heavy atom. The lowest BCUT2D eigenvalue weighted by atomic mass is 9.52. The molecule has 154 valence electrons. The van der Waals surface area contributed by atoms with Crippen LogP contribution in [0, 0.1) is 17.2 Å². The minimum atomic E-state index is -0.226. The second-order valence-corrected chi connectivity index (χ2v) is 9.04. The molecule has 2 heterocycles. The fourth-order valence-electron chi connectivity index (χ4n) is 5.38. The SMILES string of the molecule is O=C(Nc1ccc(Cl)nc1)[C@H]1CC[C@]12CC[C@H](c1ccnc3ccc(F)cc31)CC2. The quantitative estimate of drug-likeness (QED) is 0.516. The Kier molecular flexibility index (Phi) is 4.94. The van der Waals surface area contributed by atoms with E-state index in [0.717, 1.165) is 49.4 Å². The first-order valence-corrected chi connectivity index (χ1v) is 10.9. The summed E-state index contributed by atoms with van der Waals surface area (Å²) < 4.78 is 13.8. The molecule has 6 heteroatoms. The summed E-state index contributed by atoms with van der Waals surface area (Å²) >= 11 is 5.83. The lowest BCUT2D eigenvalue weighted by molar-refractivity contribution is -0.133. The summed E-state index contributed by atoms with van der Waals surface area (Å²) in [6.07, 6.45) is 9.52. The summed E-state index contributed by atoms with van der Waals surface area (Å²) in [5.41, 5.74) is 2.80. The van der Waals surface area contributed by atoms with E-state index in [0.29, 0.717) is 16.8 Å². The number of nitrogens with one attached hydrogen (secondary N) is 1. The number of halogens is 2. The van der Waals surface area contributed by atoms with E-state index < -0.39 is 0 Å². The molecule has 2 saturated carbocycles. The average molecular weight is 424 g/mol. The number of hydrogen-bond acceptors (Lipinski definition) is 3. The summed E-state index contributed by atoms with van der Waals surface area (Å²) in [5.74, 6) is 0.283. The van der Waals surface area contributed by atoms with Crippen LogP contribution in [0.5, 0.6) is 0 Å². The van der Waals surface area contributed by atoms with Gasteiger partial charge in [-0.1, -0.05) is 11.6 Å². The topological polar surface area (TPSA) is 54.9 Å². The lowest BCUT2D eigenvalue weighted by Crippen LogP contribution is -2.48. The summed E-state index contributed by atoms with van der Waals surface area (Å²) in [6.45, 7) is 0. The fraction of sp³-hybridized carbons (Fsp3) is 0.375. The fourth-order valence-corrected chi connectivity index (χ4v) is 5.49. The molecule has 1 aromatic carbocycles. The van der Waals surface area contributed by atoms with Gasteiger partial charge in [0.25, 0.3) is 0 Å². The molecule has 1 spiro atoms. The molecule has 1 amide bonds. The zero-order chi connectivity index (χ0) is 20.7. The molecular formula is C24H23ClFN3O. The van der Waals surface area contributed by atoms with Crippen LogP contribution in [0.4, 0.5) is 10.1 Å². The van der Waals surface area contributed by atoms with Gasteiger partial charge in [0, 0.05) is 17.5 Å². The normalized spacial score (nSPS) is 25.8. The number of anilines is 1. The summed E-state index contributed by atoms with van der Waals surface area (Å²) in [5, 5.41) is 4.33. The van der Waals surface area contributed by atoms with Gasteiger partial charge in [-0.15, -0.1) is 0 Å². The molecule has 2 aromatic heterocycles. The van der Waals surface area contributed by atoms with E-state index in [1.54, 1.807) is 30.5 Å². The number of rotatable bonds is 3. The Morgan fingerprint density at radius 1 is 1.07 bits per heavy atom. The van der Waals surface area contributed by atoms with Gasteiger partial charge in [-0.2, -0.15) is 0 Å². The number of benzene rings is 1. The Morgan fingerprint density at radius 3 is 2.57 bits per heavy atom. The van der Waals surface area contributed by atoms with E-state index >= 15 is 0 Å². The van der Waals surface area contributed by atoms with Gasteiger partial charge in [0.1, 0.15) is 11.0 Å². The predicted octanol–water partition coefficient (Wildman–Crippen LogP) is 6.12. The molecule has 4 nitrogen and oxygen atoms in total. The van der Waals surface area contributed by atoms with Crippen molar-refractivity contribution < 1.29 is 9.18 Å². The molecule has 0 aliphatic heterocycles. The van der Waals surface area contributed by atoms with Crippen molar-refractivity contribution in [1.29, 1.82) is 0 Å². The van der Waals surface area contributed by atoms with Crippen LogP contribution in [0.25, 0.3) is 10.9 Å². The lowest BCUT2D eigenvalue weighted by Gasteiger charge is -2.52. The first-order chi connectivity index (χ1) is 14.5. The number of carbonyl (C=O) groups is 1. The van der Waals surface area contributed by atoms with Gasteiger partial charge < -0.3 is 5.32 Å². The molecule has 5 rings (SSSR count). The summed E-state index contributed by atoms with van der Waals surface area (Å²) in [6, 6.07) is 10.3. The minimum absolute atomic E-state index is 0.0424. The maximum Gasteiger partial charge on any atom is 0.228 e. The van der Waals surface area contributed by atoms with E-state index in [4.69, 9.17) is 11.6 Å². The second-order valence-electron chi connectivity index (χ2n) is 8.65. The van der Waals surface area contributed by atoms with Crippen LogP contribution < -0.4 is 5.32 Å². The van der Waals surface area contributed by atoms with Gasteiger partial charge in [-0.3, -0.25) is 9.78 Å². The molecule has 0 bridgehead atoms. The molecule has 30 heavy (non-hydrogen) atoms. The van der Waals surface area contributed by atoms with Crippen LogP contribution >= 0.6 is 11.6 Å². The van der Waals surface area contributed by atoms with E-state index in [-0.39, 0.29) is 23.1 Å². The van der Waals surface area contributed by atoms with Gasteiger partial charge in [0.05, 0.1) is 17.4 Å². The Balaban J connectivity index is 1.29.